The Kier molecular flexibility index (Phi) is 6.69. The number of imidazole rings is 1. The molecule has 1 aromatic heterocycles. The molecule has 5 aliphatic rings. The Morgan fingerprint density at radius 3 is 2.48 bits per heavy atom. The summed E-state index contributed by atoms with van der Waals surface area (Å²) >= 11 is 0. The SMILES string of the molecule is CC(C=O)[C@@H]1CC[C@]2(COC(=O)n3ccnc3)CC[C@]3(C)C(CCC4[C@@]5(C)CC[C@H](O)C(C)(C)C5CC[C@]43C)C12. The molecule has 11 atom stereocenters. The van der Waals surface area contributed by atoms with Gasteiger partial charge in [-0.1, -0.05) is 41.5 Å². The maximum absolute atomic E-state index is 12.9. The van der Waals surface area contributed by atoms with Crippen molar-refractivity contribution in [2.45, 2.75) is 112 Å². The van der Waals surface area contributed by atoms with Gasteiger partial charge >= 0.3 is 6.09 Å². The second-order valence-electron chi connectivity index (χ2n) is 16.2. The summed E-state index contributed by atoms with van der Waals surface area (Å²) < 4.78 is 7.45. The molecule has 6 nitrogen and oxygen atoms in total. The number of aromatic nitrogens is 2. The van der Waals surface area contributed by atoms with E-state index in [4.69, 9.17) is 4.74 Å². The Hall–Kier alpha value is -1.69. The molecule has 5 saturated carbocycles. The minimum Gasteiger partial charge on any atom is -0.448 e. The van der Waals surface area contributed by atoms with Crippen molar-refractivity contribution in [1.29, 1.82) is 0 Å². The molecule has 0 spiro atoms. The van der Waals surface area contributed by atoms with Gasteiger partial charge in [0.05, 0.1) is 12.7 Å². The molecule has 0 aliphatic heterocycles. The van der Waals surface area contributed by atoms with Gasteiger partial charge in [0.25, 0.3) is 0 Å². The second kappa shape index (κ2) is 9.41. The number of hydrogen-bond acceptors (Lipinski definition) is 5. The molecule has 5 unspecified atom stereocenters. The van der Waals surface area contributed by atoms with E-state index in [1.807, 2.05) is 0 Å². The molecule has 0 radical (unpaired) electrons. The molecule has 222 valence electrons. The van der Waals surface area contributed by atoms with Crippen LogP contribution in [0.25, 0.3) is 0 Å². The number of hydrogen-bond donors (Lipinski definition) is 1. The van der Waals surface area contributed by atoms with Gasteiger partial charge in [-0.3, -0.25) is 0 Å². The Balaban J connectivity index is 1.34. The molecule has 5 aliphatic carbocycles. The number of aliphatic hydroxyl groups is 1. The molecule has 0 bridgehead atoms. The number of aliphatic hydroxyl groups excluding tert-OH is 1. The summed E-state index contributed by atoms with van der Waals surface area (Å²) in [6, 6.07) is 0. The van der Waals surface area contributed by atoms with Crippen LogP contribution in [0.2, 0.25) is 0 Å². The number of nitrogens with zero attached hydrogens (tertiary/aromatic N) is 2. The van der Waals surface area contributed by atoms with Gasteiger partial charge in [-0.15, -0.1) is 0 Å². The lowest BCUT2D eigenvalue weighted by Gasteiger charge is -2.73. The zero-order valence-corrected chi connectivity index (χ0v) is 25.7. The zero-order valence-electron chi connectivity index (χ0n) is 25.7. The van der Waals surface area contributed by atoms with Gasteiger partial charge in [0.2, 0.25) is 0 Å². The molecule has 5 fully saturated rings. The Morgan fingerprint density at radius 1 is 1.00 bits per heavy atom. The predicted molar refractivity (Wildman–Crippen MR) is 154 cm³/mol. The number of carbonyl (C=O) groups is 2. The highest BCUT2D eigenvalue weighted by Crippen LogP contribution is 2.77. The van der Waals surface area contributed by atoms with Crippen LogP contribution in [0.3, 0.4) is 0 Å². The topological polar surface area (TPSA) is 81.4 Å². The highest BCUT2D eigenvalue weighted by Gasteiger charge is 2.71. The molecule has 1 heterocycles. The van der Waals surface area contributed by atoms with Gasteiger partial charge in [-0.05, 0) is 115 Å². The third-order valence-corrected chi connectivity index (χ3v) is 14.7. The first kappa shape index (κ1) is 28.4. The maximum atomic E-state index is 12.9. The third kappa shape index (κ3) is 3.72. The van der Waals surface area contributed by atoms with Crippen molar-refractivity contribution in [2.24, 2.45) is 62.6 Å². The van der Waals surface area contributed by atoms with Crippen LogP contribution < -0.4 is 0 Å². The molecular formula is C34H52N2O4. The Bertz CT molecular complexity index is 1130. The monoisotopic (exact) mass is 552 g/mol. The summed E-state index contributed by atoms with van der Waals surface area (Å²) in [5.41, 5.74) is 0.588. The van der Waals surface area contributed by atoms with Crippen LogP contribution in [0.15, 0.2) is 18.7 Å². The van der Waals surface area contributed by atoms with Gasteiger partial charge in [-0.25, -0.2) is 14.3 Å². The number of rotatable bonds is 4. The first-order valence-corrected chi connectivity index (χ1v) is 16.1. The zero-order chi connectivity index (χ0) is 28.7. The van der Waals surface area contributed by atoms with Gasteiger partial charge in [0.1, 0.15) is 12.6 Å². The first-order chi connectivity index (χ1) is 18.8. The minimum atomic E-state index is -0.352. The van der Waals surface area contributed by atoms with Crippen molar-refractivity contribution in [3.8, 4) is 0 Å². The third-order valence-electron chi connectivity index (χ3n) is 14.7. The smallest absolute Gasteiger partial charge is 0.419 e. The fourth-order valence-electron chi connectivity index (χ4n) is 12.4. The van der Waals surface area contributed by atoms with E-state index < -0.39 is 0 Å². The van der Waals surface area contributed by atoms with E-state index in [1.165, 1.54) is 49.3 Å². The normalized spacial score (nSPS) is 48.2. The standard InChI is InChI=1S/C34H52N2O4/c1-22(19-37)23-9-14-34(20-40-29(39)36-18-17-35-21-36)16-15-32(5)24(28(23)34)7-8-26-31(4)12-11-27(38)30(2,3)25(31)10-13-33(26,32)6/h17-19,21-28,38H,7-16,20H2,1-6H3/t22?,23-,24?,25?,26?,27-,28?,31-,32+,33+,34+/m0/s1. The van der Waals surface area contributed by atoms with Gasteiger partial charge in [0, 0.05) is 23.7 Å². The second-order valence-corrected chi connectivity index (χ2v) is 16.2. The lowest BCUT2D eigenvalue weighted by Crippen LogP contribution is -2.67. The van der Waals surface area contributed by atoms with Crippen LogP contribution in [0.1, 0.15) is 106 Å². The van der Waals surface area contributed by atoms with Crippen LogP contribution in [0.4, 0.5) is 4.79 Å². The number of aldehydes is 1. The minimum absolute atomic E-state index is 0.0259. The maximum Gasteiger partial charge on any atom is 0.419 e. The summed E-state index contributed by atoms with van der Waals surface area (Å²) in [6.07, 6.45) is 16.6. The summed E-state index contributed by atoms with van der Waals surface area (Å²) in [5.74, 6) is 2.52. The van der Waals surface area contributed by atoms with Crippen LogP contribution in [0, 0.1) is 62.6 Å². The highest BCUT2D eigenvalue weighted by atomic mass is 16.5. The number of fused-ring (bicyclic) bond motifs is 7. The average Bonchev–Trinajstić information content (AvgIpc) is 3.59. The highest BCUT2D eigenvalue weighted by molar-refractivity contribution is 5.70. The summed E-state index contributed by atoms with van der Waals surface area (Å²) in [4.78, 5) is 29.1. The first-order valence-electron chi connectivity index (χ1n) is 16.1. The van der Waals surface area contributed by atoms with Crippen LogP contribution in [-0.4, -0.2) is 39.7 Å². The lowest BCUT2D eigenvalue weighted by molar-refractivity contribution is -0.250. The van der Waals surface area contributed by atoms with Gasteiger partial charge < -0.3 is 14.6 Å². The van der Waals surface area contributed by atoms with Crippen molar-refractivity contribution in [3.63, 3.8) is 0 Å². The van der Waals surface area contributed by atoms with Crippen molar-refractivity contribution in [2.75, 3.05) is 6.61 Å². The molecule has 6 rings (SSSR count). The van der Waals surface area contributed by atoms with Crippen LogP contribution in [0.5, 0.6) is 0 Å². The van der Waals surface area contributed by atoms with E-state index in [9.17, 15) is 14.7 Å². The average molecular weight is 553 g/mol. The summed E-state index contributed by atoms with van der Waals surface area (Å²) in [5, 5.41) is 11.0. The molecule has 40 heavy (non-hydrogen) atoms. The van der Waals surface area contributed by atoms with Crippen LogP contribution in [-0.2, 0) is 9.53 Å². The van der Waals surface area contributed by atoms with E-state index in [0.29, 0.717) is 36.2 Å². The van der Waals surface area contributed by atoms with E-state index in [-0.39, 0.29) is 45.2 Å². The van der Waals surface area contributed by atoms with E-state index >= 15 is 0 Å². The van der Waals surface area contributed by atoms with Gasteiger partial charge in [-0.2, -0.15) is 0 Å². The molecule has 1 aromatic rings. The molecule has 0 saturated heterocycles. The summed E-state index contributed by atoms with van der Waals surface area (Å²) in [7, 11) is 0. The molecule has 6 heteroatoms. The summed E-state index contributed by atoms with van der Waals surface area (Å²) in [6.45, 7) is 15.0. The van der Waals surface area contributed by atoms with Crippen molar-refractivity contribution in [3.05, 3.63) is 18.7 Å². The van der Waals surface area contributed by atoms with E-state index in [0.717, 1.165) is 32.1 Å². The lowest BCUT2D eigenvalue weighted by atomic mass is 9.32. The Labute approximate surface area is 241 Å². The van der Waals surface area contributed by atoms with Crippen molar-refractivity contribution in [1.82, 2.24) is 9.55 Å². The van der Waals surface area contributed by atoms with E-state index in [2.05, 4.69) is 46.5 Å². The number of ether oxygens (including phenoxy) is 1. The number of carbonyl (C=O) groups excluding carboxylic acids is 2. The van der Waals surface area contributed by atoms with Gasteiger partial charge in [0.15, 0.2) is 0 Å². The molecule has 1 N–H and O–H groups in total. The molecule has 0 amide bonds. The Morgan fingerprint density at radius 2 is 1.77 bits per heavy atom. The van der Waals surface area contributed by atoms with Crippen molar-refractivity contribution >= 4 is 12.4 Å². The molecular weight excluding hydrogens is 500 g/mol. The largest absolute Gasteiger partial charge is 0.448 e. The van der Waals surface area contributed by atoms with Crippen LogP contribution >= 0.6 is 0 Å². The fraction of sp³-hybridized carbons (Fsp3) is 0.853. The van der Waals surface area contributed by atoms with Crippen molar-refractivity contribution < 1.29 is 19.4 Å². The fourth-order valence-corrected chi connectivity index (χ4v) is 12.4. The predicted octanol–water partition coefficient (Wildman–Crippen LogP) is 7.15. The van der Waals surface area contributed by atoms with E-state index in [1.54, 1.807) is 12.4 Å². The quantitative estimate of drug-likeness (QED) is 0.401. The molecule has 0 aromatic carbocycles.